The molecule has 1 heterocycles. The lowest BCUT2D eigenvalue weighted by atomic mass is 10.9. The molecular formula is C3H4O4. The summed E-state index contributed by atoms with van der Waals surface area (Å²) in [6, 6.07) is 0. The summed E-state index contributed by atoms with van der Waals surface area (Å²) < 4.78 is 8.46. The number of aliphatic hydroxyl groups is 2. The summed E-state index contributed by atoms with van der Waals surface area (Å²) in [7, 11) is 0. The van der Waals surface area contributed by atoms with Crippen LogP contribution in [-0.4, -0.2) is 17.0 Å². The lowest BCUT2D eigenvalue weighted by molar-refractivity contribution is 0.0179. The SMILES string of the molecule is OC1=C(O)OCO1. The van der Waals surface area contributed by atoms with E-state index < -0.39 is 11.9 Å². The number of aliphatic hydroxyl groups excluding tert-OH is 2. The molecular weight excluding hydrogens is 100 g/mol. The van der Waals surface area contributed by atoms with Gasteiger partial charge in [-0.05, 0) is 0 Å². The smallest absolute Gasteiger partial charge is 0.364 e. The molecule has 0 aliphatic carbocycles. The van der Waals surface area contributed by atoms with E-state index in [0.717, 1.165) is 0 Å². The fourth-order valence-corrected chi connectivity index (χ4v) is 0.265. The van der Waals surface area contributed by atoms with Gasteiger partial charge in [0.25, 0.3) is 0 Å². The van der Waals surface area contributed by atoms with Gasteiger partial charge < -0.3 is 19.7 Å². The van der Waals surface area contributed by atoms with Gasteiger partial charge in [-0.2, -0.15) is 0 Å². The maximum atomic E-state index is 8.28. The Balaban J connectivity index is 2.64. The van der Waals surface area contributed by atoms with Gasteiger partial charge in [-0.25, -0.2) is 0 Å². The van der Waals surface area contributed by atoms with E-state index in [-0.39, 0.29) is 6.79 Å². The molecule has 40 valence electrons. The molecule has 1 rings (SSSR count). The van der Waals surface area contributed by atoms with Gasteiger partial charge in [-0.15, -0.1) is 0 Å². The Labute approximate surface area is 39.6 Å². The topological polar surface area (TPSA) is 58.9 Å². The Morgan fingerprint density at radius 1 is 1.14 bits per heavy atom. The molecule has 7 heavy (non-hydrogen) atoms. The second-order valence-electron chi connectivity index (χ2n) is 1.02. The van der Waals surface area contributed by atoms with Crippen molar-refractivity contribution in [2.24, 2.45) is 0 Å². The van der Waals surface area contributed by atoms with E-state index in [1.54, 1.807) is 0 Å². The summed E-state index contributed by atoms with van der Waals surface area (Å²) in [6.07, 6.45) is 0. The van der Waals surface area contributed by atoms with Crippen LogP contribution in [0.5, 0.6) is 0 Å². The van der Waals surface area contributed by atoms with Gasteiger partial charge in [-0.1, -0.05) is 0 Å². The summed E-state index contributed by atoms with van der Waals surface area (Å²) >= 11 is 0. The zero-order valence-electron chi connectivity index (χ0n) is 3.42. The molecule has 0 spiro atoms. The van der Waals surface area contributed by atoms with Crippen LogP contribution >= 0.6 is 0 Å². The van der Waals surface area contributed by atoms with Crippen molar-refractivity contribution in [3.63, 3.8) is 0 Å². The summed E-state index contributed by atoms with van der Waals surface area (Å²) in [5.41, 5.74) is 0. The Bertz CT molecular complexity index is 93.5. The van der Waals surface area contributed by atoms with Crippen molar-refractivity contribution in [1.82, 2.24) is 0 Å². The number of rotatable bonds is 0. The Morgan fingerprint density at radius 2 is 1.57 bits per heavy atom. The fraction of sp³-hybridized carbons (Fsp3) is 0.333. The van der Waals surface area contributed by atoms with Crippen LogP contribution in [0.1, 0.15) is 0 Å². The molecule has 1 aliphatic heterocycles. The Morgan fingerprint density at radius 3 is 1.71 bits per heavy atom. The van der Waals surface area contributed by atoms with Gasteiger partial charge in [-0.3, -0.25) is 0 Å². The third kappa shape index (κ3) is 0.534. The molecule has 4 nitrogen and oxygen atoms in total. The van der Waals surface area contributed by atoms with E-state index in [1.807, 2.05) is 0 Å². The third-order valence-corrected chi connectivity index (χ3v) is 0.574. The number of hydrogen-bond acceptors (Lipinski definition) is 4. The van der Waals surface area contributed by atoms with Gasteiger partial charge in [0.05, 0.1) is 0 Å². The Kier molecular flexibility index (Phi) is 0.714. The molecule has 0 aromatic heterocycles. The first kappa shape index (κ1) is 4.11. The molecule has 0 aromatic rings. The number of ether oxygens (including phenoxy) is 2. The van der Waals surface area contributed by atoms with Gasteiger partial charge in [0, 0.05) is 0 Å². The van der Waals surface area contributed by atoms with Crippen molar-refractivity contribution < 1.29 is 19.7 Å². The van der Waals surface area contributed by atoms with Crippen LogP contribution < -0.4 is 0 Å². The van der Waals surface area contributed by atoms with E-state index >= 15 is 0 Å². The molecule has 0 radical (unpaired) electrons. The zero-order chi connectivity index (χ0) is 5.28. The zero-order valence-corrected chi connectivity index (χ0v) is 3.42. The van der Waals surface area contributed by atoms with Crippen LogP contribution in [0.3, 0.4) is 0 Å². The minimum absolute atomic E-state index is 0.0995. The molecule has 4 heteroatoms. The van der Waals surface area contributed by atoms with E-state index in [4.69, 9.17) is 10.2 Å². The highest BCUT2D eigenvalue weighted by Gasteiger charge is 2.13. The van der Waals surface area contributed by atoms with Crippen molar-refractivity contribution in [2.75, 3.05) is 6.79 Å². The Hall–Kier alpha value is -1.06. The summed E-state index contributed by atoms with van der Waals surface area (Å²) in [5, 5.41) is 16.6. The van der Waals surface area contributed by atoms with Crippen LogP contribution in [0, 0.1) is 0 Å². The second-order valence-corrected chi connectivity index (χ2v) is 1.02. The van der Waals surface area contributed by atoms with Crippen LogP contribution in [0.2, 0.25) is 0 Å². The minimum atomic E-state index is -0.542. The highest BCUT2D eigenvalue weighted by atomic mass is 16.8. The molecule has 0 atom stereocenters. The quantitative estimate of drug-likeness (QED) is 0.462. The summed E-state index contributed by atoms with van der Waals surface area (Å²) in [4.78, 5) is 0. The minimum Gasteiger partial charge on any atom is -0.476 e. The van der Waals surface area contributed by atoms with Crippen molar-refractivity contribution in [3.05, 3.63) is 11.9 Å². The van der Waals surface area contributed by atoms with Crippen molar-refractivity contribution in [3.8, 4) is 0 Å². The summed E-state index contributed by atoms with van der Waals surface area (Å²) in [5.74, 6) is -1.08. The highest BCUT2D eigenvalue weighted by molar-refractivity contribution is 4.83. The largest absolute Gasteiger partial charge is 0.476 e. The molecule has 0 aromatic carbocycles. The third-order valence-electron chi connectivity index (χ3n) is 0.574. The molecule has 0 amide bonds. The van der Waals surface area contributed by atoms with Crippen molar-refractivity contribution in [1.29, 1.82) is 0 Å². The average molecular weight is 104 g/mol. The second kappa shape index (κ2) is 1.22. The number of hydrogen-bond donors (Lipinski definition) is 2. The molecule has 2 N–H and O–H groups in total. The van der Waals surface area contributed by atoms with E-state index in [1.165, 1.54) is 0 Å². The van der Waals surface area contributed by atoms with Gasteiger partial charge >= 0.3 is 11.9 Å². The van der Waals surface area contributed by atoms with Crippen LogP contribution in [0.25, 0.3) is 0 Å². The highest BCUT2D eigenvalue weighted by Crippen LogP contribution is 2.08. The van der Waals surface area contributed by atoms with Crippen LogP contribution in [-0.2, 0) is 9.47 Å². The first-order chi connectivity index (χ1) is 3.30. The molecule has 0 fully saturated rings. The predicted molar refractivity (Wildman–Crippen MR) is 19.3 cm³/mol. The molecule has 0 unspecified atom stereocenters. The standard InChI is InChI=1S/C3H4O4/c4-2-3(5)7-1-6-2/h4-5H,1H2. The first-order valence-electron chi connectivity index (χ1n) is 1.68. The lowest BCUT2D eigenvalue weighted by Gasteiger charge is -1.84. The fourth-order valence-electron chi connectivity index (χ4n) is 0.265. The normalized spacial score (nSPS) is 18.9. The predicted octanol–water partition coefficient (Wildman–Crippen LogP) is 0.233. The molecule has 0 bridgehead atoms. The monoisotopic (exact) mass is 104 g/mol. The molecule has 0 saturated heterocycles. The molecule has 1 aliphatic rings. The summed E-state index contributed by atoms with van der Waals surface area (Å²) in [6.45, 7) is -0.0995. The van der Waals surface area contributed by atoms with Crippen molar-refractivity contribution >= 4 is 0 Å². The first-order valence-corrected chi connectivity index (χ1v) is 1.68. The van der Waals surface area contributed by atoms with Gasteiger partial charge in [0.15, 0.2) is 0 Å². The van der Waals surface area contributed by atoms with Crippen LogP contribution in [0.15, 0.2) is 11.9 Å². The average Bonchev–Trinajstić information content (AvgIpc) is 1.91. The maximum absolute atomic E-state index is 8.28. The maximum Gasteiger partial charge on any atom is 0.364 e. The van der Waals surface area contributed by atoms with Gasteiger partial charge in [0.1, 0.15) is 0 Å². The van der Waals surface area contributed by atoms with Crippen molar-refractivity contribution in [2.45, 2.75) is 0 Å². The van der Waals surface area contributed by atoms with Crippen LogP contribution in [0.4, 0.5) is 0 Å². The van der Waals surface area contributed by atoms with Gasteiger partial charge in [0.2, 0.25) is 6.79 Å². The van der Waals surface area contributed by atoms with E-state index in [0.29, 0.717) is 0 Å². The molecule has 0 saturated carbocycles. The van der Waals surface area contributed by atoms with E-state index in [2.05, 4.69) is 9.47 Å². The van der Waals surface area contributed by atoms with E-state index in [9.17, 15) is 0 Å². The lowest BCUT2D eigenvalue weighted by Crippen LogP contribution is -1.81.